The number of rotatable bonds is 8. The summed E-state index contributed by atoms with van der Waals surface area (Å²) in [5.41, 5.74) is 0. The van der Waals surface area contributed by atoms with Gasteiger partial charge in [-0.3, -0.25) is 0 Å². The van der Waals surface area contributed by atoms with Gasteiger partial charge in [-0.15, -0.1) is 0 Å². The van der Waals surface area contributed by atoms with Crippen molar-refractivity contribution in [1.29, 1.82) is 0 Å². The van der Waals surface area contributed by atoms with Crippen LogP contribution in [-0.2, 0) is 0 Å². The lowest BCUT2D eigenvalue weighted by atomic mass is 10.1. The number of thioether (sulfide) groups is 1. The van der Waals surface area contributed by atoms with Crippen molar-refractivity contribution in [3.05, 3.63) is 0 Å². The van der Waals surface area contributed by atoms with Gasteiger partial charge in [0.05, 0.1) is 0 Å². The quantitative estimate of drug-likeness (QED) is 0.645. The Morgan fingerprint density at radius 1 is 1.46 bits per heavy atom. The summed E-state index contributed by atoms with van der Waals surface area (Å²) in [5, 5.41) is 3.38. The zero-order valence-electron chi connectivity index (χ0n) is 9.47. The van der Waals surface area contributed by atoms with E-state index in [9.17, 15) is 0 Å². The van der Waals surface area contributed by atoms with Crippen molar-refractivity contribution in [2.45, 2.75) is 13.8 Å². The van der Waals surface area contributed by atoms with Crippen molar-refractivity contribution >= 4 is 11.8 Å². The van der Waals surface area contributed by atoms with Gasteiger partial charge in [0.2, 0.25) is 0 Å². The van der Waals surface area contributed by atoms with Crippen LogP contribution in [-0.4, -0.2) is 50.1 Å². The van der Waals surface area contributed by atoms with Gasteiger partial charge in [0.15, 0.2) is 0 Å². The van der Waals surface area contributed by atoms with Gasteiger partial charge in [0, 0.05) is 18.8 Å². The van der Waals surface area contributed by atoms with Crippen molar-refractivity contribution < 1.29 is 0 Å². The fraction of sp³-hybridized carbons (Fsp3) is 1.00. The molecule has 2 nitrogen and oxygen atoms in total. The smallest absolute Gasteiger partial charge is 0.00693 e. The third kappa shape index (κ3) is 8.60. The van der Waals surface area contributed by atoms with Crippen LogP contribution in [0.2, 0.25) is 0 Å². The van der Waals surface area contributed by atoms with Gasteiger partial charge < -0.3 is 10.2 Å². The summed E-state index contributed by atoms with van der Waals surface area (Å²) < 4.78 is 0. The van der Waals surface area contributed by atoms with Crippen LogP contribution in [0.5, 0.6) is 0 Å². The molecule has 0 aliphatic rings. The van der Waals surface area contributed by atoms with Crippen molar-refractivity contribution in [2.75, 3.05) is 45.2 Å². The Morgan fingerprint density at radius 2 is 2.15 bits per heavy atom. The topological polar surface area (TPSA) is 15.3 Å². The molecular formula is C10H24N2S. The molecule has 80 valence electrons. The van der Waals surface area contributed by atoms with Gasteiger partial charge in [0.25, 0.3) is 0 Å². The molecule has 0 rings (SSSR count). The van der Waals surface area contributed by atoms with Gasteiger partial charge in [-0.05, 0) is 32.3 Å². The Kier molecular flexibility index (Phi) is 9.03. The second kappa shape index (κ2) is 8.85. The van der Waals surface area contributed by atoms with E-state index in [-0.39, 0.29) is 0 Å². The molecule has 13 heavy (non-hydrogen) atoms. The third-order valence-electron chi connectivity index (χ3n) is 2.04. The van der Waals surface area contributed by atoms with Crippen LogP contribution in [0, 0.1) is 5.92 Å². The molecule has 0 aromatic rings. The van der Waals surface area contributed by atoms with Crippen LogP contribution in [0.4, 0.5) is 0 Å². The van der Waals surface area contributed by atoms with E-state index in [1.807, 2.05) is 11.8 Å². The van der Waals surface area contributed by atoms with E-state index in [0.29, 0.717) is 0 Å². The maximum atomic E-state index is 3.38. The predicted octanol–water partition coefficient (Wildman–Crippen LogP) is 1.53. The summed E-state index contributed by atoms with van der Waals surface area (Å²) in [4.78, 5) is 2.42. The minimum atomic E-state index is 0.756. The lowest BCUT2D eigenvalue weighted by molar-refractivity contribution is 0.296. The molecule has 0 saturated carbocycles. The van der Waals surface area contributed by atoms with Crippen molar-refractivity contribution in [3.8, 4) is 0 Å². The standard InChI is InChI=1S/C10H24N2S/c1-5-11-8-10(2)9-12(3)6-7-13-4/h10-11H,5-9H2,1-4H3. The second-order valence-electron chi connectivity index (χ2n) is 3.67. The summed E-state index contributed by atoms with van der Waals surface area (Å²) in [6, 6.07) is 0. The van der Waals surface area contributed by atoms with E-state index in [4.69, 9.17) is 0 Å². The van der Waals surface area contributed by atoms with Crippen LogP contribution < -0.4 is 5.32 Å². The van der Waals surface area contributed by atoms with E-state index in [1.165, 1.54) is 18.8 Å². The lowest BCUT2D eigenvalue weighted by Gasteiger charge is -2.20. The summed E-state index contributed by atoms with van der Waals surface area (Å²) in [5.74, 6) is 2.00. The van der Waals surface area contributed by atoms with Gasteiger partial charge in [0.1, 0.15) is 0 Å². The Bertz CT molecular complexity index is 97.1. The maximum Gasteiger partial charge on any atom is 0.00693 e. The summed E-state index contributed by atoms with van der Waals surface area (Å²) in [6.45, 7) is 9.09. The van der Waals surface area contributed by atoms with Crippen LogP contribution in [0.1, 0.15) is 13.8 Å². The Hall–Kier alpha value is 0.270. The molecule has 0 spiro atoms. The van der Waals surface area contributed by atoms with E-state index in [0.717, 1.165) is 19.0 Å². The molecule has 1 unspecified atom stereocenters. The maximum absolute atomic E-state index is 3.38. The van der Waals surface area contributed by atoms with E-state index >= 15 is 0 Å². The number of hydrogen-bond acceptors (Lipinski definition) is 3. The molecule has 0 fully saturated rings. The highest BCUT2D eigenvalue weighted by atomic mass is 32.2. The minimum absolute atomic E-state index is 0.756. The molecule has 0 radical (unpaired) electrons. The molecule has 0 heterocycles. The van der Waals surface area contributed by atoms with Gasteiger partial charge in [-0.1, -0.05) is 13.8 Å². The SMILES string of the molecule is CCNCC(C)CN(C)CCSC. The number of nitrogens with zero attached hydrogens (tertiary/aromatic N) is 1. The monoisotopic (exact) mass is 204 g/mol. The van der Waals surface area contributed by atoms with Crippen molar-refractivity contribution in [2.24, 2.45) is 5.92 Å². The molecule has 1 atom stereocenters. The molecule has 0 aliphatic carbocycles. The summed E-state index contributed by atoms with van der Waals surface area (Å²) in [6.07, 6.45) is 2.16. The Labute approximate surface area is 87.5 Å². The normalized spacial score (nSPS) is 13.6. The first-order valence-electron chi connectivity index (χ1n) is 5.08. The molecular weight excluding hydrogens is 180 g/mol. The highest BCUT2D eigenvalue weighted by Gasteiger charge is 2.04. The predicted molar refractivity (Wildman–Crippen MR) is 63.6 cm³/mol. The van der Waals surface area contributed by atoms with Crippen LogP contribution in [0.25, 0.3) is 0 Å². The molecule has 0 aromatic carbocycles. The minimum Gasteiger partial charge on any atom is -0.317 e. The third-order valence-corrected chi connectivity index (χ3v) is 2.63. The van der Waals surface area contributed by atoms with E-state index in [2.05, 4.69) is 37.4 Å². The average molecular weight is 204 g/mol. The van der Waals surface area contributed by atoms with Crippen LogP contribution >= 0.6 is 11.8 Å². The molecule has 0 aliphatic heterocycles. The zero-order valence-corrected chi connectivity index (χ0v) is 10.3. The van der Waals surface area contributed by atoms with Gasteiger partial charge >= 0.3 is 0 Å². The first kappa shape index (κ1) is 13.3. The van der Waals surface area contributed by atoms with Crippen molar-refractivity contribution in [3.63, 3.8) is 0 Å². The number of hydrogen-bond donors (Lipinski definition) is 1. The lowest BCUT2D eigenvalue weighted by Crippen LogP contribution is -2.32. The first-order chi connectivity index (χ1) is 6.20. The summed E-state index contributed by atoms with van der Waals surface area (Å²) in [7, 11) is 2.21. The molecule has 0 aromatic heterocycles. The fourth-order valence-corrected chi connectivity index (χ4v) is 1.82. The molecule has 0 bridgehead atoms. The van der Waals surface area contributed by atoms with Crippen LogP contribution in [0.15, 0.2) is 0 Å². The van der Waals surface area contributed by atoms with E-state index < -0.39 is 0 Å². The molecule has 3 heteroatoms. The largest absolute Gasteiger partial charge is 0.317 e. The highest BCUT2D eigenvalue weighted by Crippen LogP contribution is 1.98. The molecule has 0 amide bonds. The van der Waals surface area contributed by atoms with E-state index in [1.54, 1.807) is 0 Å². The first-order valence-corrected chi connectivity index (χ1v) is 6.48. The highest BCUT2D eigenvalue weighted by molar-refractivity contribution is 7.98. The van der Waals surface area contributed by atoms with Gasteiger partial charge in [-0.2, -0.15) is 11.8 Å². The Morgan fingerprint density at radius 3 is 2.69 bits per heavy atom. The number of nitrogens with one attached hydrogen (secondary N) is 1. The molecule has 0 saturated heterocycles. The fourth-order valence-electron chi connectivity index (χ4n) is 1.33. The second-order valence-corrected chi connectivity index (χ2v) is 4.65. The Balaban J connectivity index is 3.35. The van der Waals surface area contributed by atoms with Crippen LogP contribution in [0.3, 0.4) is 0 Å². The zero-order chi connectivity index (χ0) is 10.1. The molecule has 1 N–H and O–H groups in total. The van der Waals surface area contributed by atoms with Crippen molar-refractivity contribution in [1.82, 2.24) is 10.2 Å². The average Bonchev–Trinajstić information content (AvgIpc) is 2.11. The summed E-state index contributed by atoms with van der Waals surface area (Å²) >= 11 is 1.92. The van der Waals surface area contributed by atoms with Gasteiger partial charge in [-0.25, -0.2) is 0 Å².